The topological polar surface area (TPSA) is 42.3 Å². The summed E-state index contributed by atoms with van der Waals surface area (Å²) in [6.07, 6.45) is 6.30. The van der Waals surface area contributed by atoms with Crippen molar-refractivity contribution in [2.24, 2.45) is 0 Å². The van der Waals surface area contributed by atoms with E-state index in [1.54, 1.807) is 0 Å². The van der Waals surface area contributed by atoms with Gasteiger partial charge in [-0.25, -0.2) is 0 Å². The van der Waals surface area contributed by atoms with Gasteiger partial charge < -0.3 is 19.5 Å². The van der Waals surface area contributed by atoms with Crippen molar-refractivity contribution in [3.8, 4) is 5.69 Å². The second kappa shape index (κ2) is 8.61. The molecular formula is C24H25ClN4OS. The molecule has 2 aliphatic heterocycles. The predicted octanol–water partition coefficient (Wildman–Crippen LogP) is 4.99. The fraction of sp³-hybridized carbons (Fsp3) is 0.333. The number of rotatable bonds is 5. The zero-order valence-electron chi connectivity index (χ0n) is 17.4. The van der Waals surface area contributed by atoms with Gasteiger partial charge in [0.1, 0.15) is 0 Å². The fourth-order valence-electron chi connectivity index (χ4n) is 4.58. The van der Waals surface area contributed by atoms with Gasteiger partial charge in [0, 0.05) is 41.9 Å². The Hall–Kier alpha value is -2.41. The Bertz CT molecular complexity index is 1080. The normalized spacial score (nSPS) is 23.4. The highest BCUT2D eigenvalue weighted by Gasteiger charge is 2.42. The number of hydrogen-bond donors (Lipinski definition) is 1. The number of aromatic nitrogens is 2. The van der Waals surface area contributed by atoms with E-state index >= 15 is 0 Å². The van der Waals surface area contributed by atoms with Crippen molar-refractivity contribution in [1.82, 2.24) is 19.8 Å². The molecule has 2 aliphatic rings. The molecule has 3 atom stereocenters. The quantitative estimate of drug-likeness (QED) is 0.552. The fourth-order valence-corrected chi connectivity index (χ4v) is 5.01. The van der Waals surface area contributed by atoms with E-state index in [4.69, 9.17) is 28.6 Å². The van der Waals surface area contributed by atoms with Crippen LogP contribution < -0.4 is 5.32 Å². The van der Waals surface area contributed by atoms with Crippen LogP contribution in [0.15, 0.2) is 60.9 Å². The van der Waals surface area contributed by atoms with Crippen molar-refractivity contribution >= 4 is 28.9 Å². The minimum atomic E-state index is -0.0443. The van der Waals surface area contributed by atoms with E-state index < -0.39 is 0 Å². The van der Waals surface area contributed by atoms with Crippen molar-refractivity contribution in [3.63, 3.8) is 0 Å². The lowest BCUT2D eigenvalue weighted by Gasteiger charge is -2.30. The van der Waals surface area contributed by atoms with Crippen molar-refractivity contribution < 1.29 is 4.74 Å². The van der Waals surface area contributed by atoms with Gasteiger partial charge in [0.05, 0.1) is 23.9 Å². The molecule has 5 rings (SSSR count). The van der Waals surface area contributed by atoms with Crippen molar-refractivity contribution in [2.75, 3.05) is 13.2 Å². The summed E-state index contributed by atoms with van der Waals surface area (Å²) in [7, 11) is 0. The number of nitrogens with zero attached hydrogens (tertiary/aromatic N) is 3. The van der Waals surface area contributed by atoms with Gasteiger partial charge in [-0.1, -0.05) is 17.7 Å². The number of hydrogen-bond acceptors (Lipinski definition) is 3. The SMILES string of the molecule is Cc1cc(-n2cccc2[C@H]2[C@H](c3ccccn3)NC(=S)N2C[C@@H]2CCCO2)ccc1Cl. The maximum absolute atomic E-state index is 6.28. The first-order valence-electron chi connectivity index (χ1n) is 10.7. The molecule has 2 aromatic heterocycles. The predicted molar refractivity (Wildman–Crippen MR) is 127 cm³/mol. The van der Waals surface area contributed by atoms with Gasteiger partial charge in [-0.3, -0.25) is 4.98 Å². The molecule has 0 aliphatic carbocycles. The van der Waals surface area contributed by atoms with E-state index in [2.05, 4.69) is 56.3 Å². The van der Waals surface area contributed by atoms with E-state index in [0.29, 0.717) is 0 Å². The van der Waals surface area contributed by atoms with Gasteiger partial charge in [0.2, 0.25) is 0 Å². The molecule has 0 unspecified atom stereocenters. The smallest absolute Gasteiger partial charge is 0.170 e. The number of ether oxygens (including phenoxy) is 1. The number of thiocarbonyl (C=S) groups is 1. The summed E-state index contributed by atoms with van der Waals surface area (Å²) in [5, 5.41) is 5.05. The van der Waals surface area contributed by atoms with Crippen LogP contribution in [-0.2, 0) is 4.74 Å². The largest absolute Gasteiger partial charge is 0.376 e. The average molecular weight is 453 g/mol. The third-order valence-corrected chi connectivity index (χ3v) is 6.90. The maximum atomic E-state index is 6.28. The Morgan fingerprint density at radius 3 is 2.87 bits per heavy atom. The van der Waals surface area contributed by atoms with Crippen molar-refractivity contribution in [2.45, 2.75) is 38.0 Å². The van der Waals surface area contributed by atoms with E-state index in [-0.39, 0.29) is 18.2 Å². The minimum Gasteiger partial charge on any atom is -0.376 e. The molecule has 0 amide bonds. The molecule has 5 nitrogen and oxygen atoms in total. The molecule has 2 fully saturated rings. The Kier molecular flexibility index (Phi) is 5.69. The van der Waals surface area contributed by atoms with E-state index in [0.717, 1.165) is 58.8 Å². The highest BCUT2D eigenvalue weighted by molar-refractivity contribution is 7.80. The number of nitrogens with one attached hydrogen (secondary N) is 1. The van der Waals surface area contributed by atoms with E-state index in [1.165, 1.54) is 0 Å². The number of aryl methyl sites for hydroxylation is 1. The molecule has 7 heteroatoms. The summed E-state index contributed by atoms with van der Waals surface area (Å²) in [5.41, 5.74) is 4.26. The molecule has 4 heterocycles. The van der Waals surface area contributed by atoms with Crippen LogP contribution >= 0.6 is 23.8 Å². The molecule has 0 spiro atoms. The highest BCUT2D eigenvalue weighted by atomic mass is 35.5. The molecule has 3 aromatic rings. The van der Waals surface area contributed by atoms with Crippen LogP contribution in [0, 0.1) is 6.92 Å². The summed E-state index contributed by atoms with van der Waals surface area (Å²) in [6, 6.07) is 16.4. The molecule has 0 saturated carbocycles. The van der Waals surface area contributed by atoms with Crippen LogP contribution in [0.2, 0.25) is 5.02 Å². The first kappa shape index (κ1) is 20.5. The summed E-state index contributed by atoms with van der Waals surface area (Å²) >= 11 is 12.1. The van der Waals surface area contributed by atoms with Crippen LogP contribution in [0.5, 0.6) is 0 Å². The molecule has 160 valence electrons. The standard InChI is InChI=1S/C24H25ClN4OS/c1-16-14-17(9-10-19(16)25)28-12-4-8-21(28)23-22(20-7-2-3-11-26-20)27-24(31)29(23)15-18-6-5-13-30-18/h2-4,7-12,14,18,22-23H,5-6,13,15H2,1H3,(H,27,31)/t18-,22-,23-/m0/s1. The first-order valence-corrected chi connectivity index (χ1v) is 11.4. The second-order valence-corrected chi connectivity index (χ2v) is 8.94. The summed E-state index contributed by atoms with van der Waals surface area (Å²) in [5.74, 6) is 0. The Morgan fingerprint density at radius 1 is 1.23 bits per heavy atom. The highest BCUT2D eigenvalue weighted by Crippen LogP contribution is 2.40. The molecule has 1 N–H and O–H groups in total. The van der Waals surface area contributed by atoms with Gasteiger partial charge in [-0.05, 0) is 80.0 Å². The maximum Gasteiger partial charge on any atom is 0.170 e. The molecular weight excluding hydrogens is 428 g/mol. The van der Waals surface area contributed by atoms with Gasteiger partial charge in [0.15, 0.2) is 5.11 Å². The third kappa shape index (κ3) is 3.95. The van der Waals surface area contributed by atoms with Crippen LogP contribution in [0.25, 0.3) is 5.69 Å². The first-order chi connectivity index (χ1) is 15.1. The monoisotopic (exact) mass is 452 g/mol. The van der Waals surface area contributed by atoms with Crippen LogP contribution in [-0.4, -0.2) is 38.8 Å². The van der Waals surface area contributed by atoms with Crippen molar-refractivity contribution in [1.29, 1.82) is 0 Å². The Labute approximate surface area is 193 Å². The molecule has 0 radical (unpaired) electrons. The Morgan fingerprint density at radius 2 is 2.13 bits per heavy atom. The second-order valence-electron chi connectivity index (χ2n) is 8.15. The van der Waals surface area contributed by atoms with Crippen LogP contribution in [0.3, 0.4) is 0 Å². The summed E-state index contributed by atoms with van der Waals surface area (Å²) < 4.78 is 8.17. The average Bonchev–Trinajstić information content (AvgIpc) is 3.52. The van der Waals surface area contributed by atoms with Gasteiger partial charge in [-0.15, -0.1) is 0 Å². The van der Waals surface area contributed by atoms with Crippen LogP contribution in [0.1, 0.15) is 41.9 Å². The minimum absolute atomic E-state index is 0.00224. The van der Waals surface area contributed by atoms with Crippen LogP contribution in [0.4, 0.5) is 0 Å². The lowest BCUT2D eigenvalue weighted by molar-refractivity contribution is 0.0836. The lowest BCUT2D eigenvalue weighted by atomic mass is 10.0. The molecule has 31 heavy (non-hydrogen) atoms. The van der Waals surface area contributed by atoms with E-state index in [1.807, 2.05) is 31.3 Å². The third-order valence-electron chi connectivity index (χ3n) is 6.13. The molecule has 1 aromatic carbocycles. The number of halogens is 1. The van der Waals surface area contributed by atoms with Gasteiger partial charge in [0.25, 0.3) is 0 Å². The van der Waals surface area contributed by atoms with E-state index in [9.17, 15) is 0 Å². The number of pyridine rings is 1. The van der Waals surface area contributed by atoms with Crippen molar-refractivity contribution in [3.05, 3.63) is 82.9 Å². The lowest BCUT2D eigenvalue weighted by Crippen LogP contribution is -2.36. The number of benzene rings is 1. The summed E-state index contributed by atoms with van der Waals surface area (Å²) in [4.78, 5) is 6.92. The van der Waals surface area contributed by atoms with Gasteiger partial charge in [-0.2, -0.15) is 0 Å². The molecule has 0 bridgehead atoms. The Balaban J connectivity index is 1.57. The zero-order valence-corrected chi connectivity index (χ0v) is 18.9. The summed E-state index contributed by atoms with van der Waals surface area (Å²) in [6.45, 7) is 3.62. The zero-order chi connectivity index (χ0) is 21.4. The van der Waals surface area contributed by atoms with Gasteiger partial charge >= 0.3 is 0 Å². The molecule has 2 saturated heterocycles.